The highest BCUT2D eigenvalue weighted by atomic mass is 79.9. The Kier molecular flexibility index (Phi) is 2.69. The summed E-state index contributed by atoms with van der Waals surface area (Å²) in [6, 6.07) is 4.32. The van der Waals surface area contributed by atoms with Gasteiger partial charge in [-0.05, 0) is 58.8 Å². The predicted molar refractivity (Wildman–Crippen MR) is 67.1 cm³/mol. The van der Waals surface area contributed by atoms with Crippen LogP contribution >= 0.6 is 15.9 Å². The van der Waals surface area contributed by atoms with Crippen molar-refractivity contribution in [1.82, 2.24) is 0 Å². The van der Waals surface area contributed by atoms with Crippen LogP contribution in [0.2, 0.25) is 0 Å². The van der Waals surface area contributed by atoms with Crippen LogP contribution in [0.4, 0.5) is 10.1 Å². The monoisotopic (exact) mass is 297 g/mol. The van der Waals surface area contributed by atoms with Crippen LogP contribution in [0.25, 0.3) is 0 Å². The zero-order chi connectivity index (χ0) is 12.0. The van der Waals surface area contributed by atoms with Gasteiger partial charge in [0, 0.05) is 10.4 Å². The summed E-state index contributed by atoms with van der Waals surface area (Å²) < 4.78 is 13.8. The molecule has 4 heteroatoms. The molecule has 17 heavy (non-hydrogen) atoms. The Bertz CT molecular complexity index is 466. The van der Waals surface area contributed by atoms with Gasteiger partial charge in [-0.3, -0.25) is 4.79 Å². The summed E-state index contributed by atoms with van der Waals surface area (Å²) in [6.07, 6.45) is 3.60. The second kappa shape index (κ2) is 4.09. The summed E-state index contributed by atoms with van der Waals surface area (Å²) in [6.45, 7) is 0. The molecule has 2 nitrogen and oxygen atoms in total. The van der Waals surface area contributed by atoms with Crippen LogP contribution in [0.3, 0.4) is 0 Å². The highest BCUT2D eigenvalue weighted by molar-refractivity contribution is 9.10. The van der Waals surface area contributed by atoms with E-state index in [1.54, 1.807) is 6.07 Å². The molecule has 2 saturated carbocycles. The zero-order valence-electron chi connectivity index (χ0n) is 9.25. The minimum absolute atomic E-state index is 0.0472. The summed E-state index contributed by atoms with van der Waals surface area (Å²) in [4.78, 5) is 12.0. The fourth-order valence-corrected chi connectivity index (χ4v) is 3.37. The van der Waals surface area contributed by atoms with Crippen molar-refractivity contribution in [1.29, 1.82) is 0 Å². The lowest BCUT2D eigenvalue weighted by Gasteiger charge is -2.08. The Balaban J connectivity index is 1.71. The Morgan fingerprint density at radius 1 is 1.35 bits per heavy atom. The van der Waals surface area contributed by atoms with Gasteiger partial charge in [-0.2, -0.15) is 0 Å². The Morgan fingerprint density at radius 3 is 2.76 bits per heavy atom. The highest BCUT2D eigenvalue weighted by Crippen LogP contribution is 2.57. The molecule has 90 valence electrons. The number of fused-ring (bicyclic) bond motifs is 1. The van der Waals surface area contributed by atoms with E-state index in [0.717, 1.165) is 4.47 Å². The van der Waals surface area contributed by atoms with Crippen LogP contribution in [0.1, 0.15) is 19.3 Å². The summed E-state index contributed by atoms with van der Waals surface area (Å²) in [5.41, 5.74) is 0.528. The molecule has 2 atom stereocenters. The lowest BCUT2D eigenvalue weighted by Crippen LogP contribution is -2.17. The van der Waals surface area contributed by atoms with Gasteiger partial charge in [0.2, 0.25) is 5.91 Å². The van der Waals surface area contributed by atoms with Crippen LogP contribution in [0.15, 0.2) is 22.7 Å². The van der Waals surface area contributed by atoms with Crippen LogP contribution < -0.4 is 5.32 Å². The largest absolute Gasteiger partial charge is 0.325 e. The van der Waals surface area contributed by atoms with Crippen molar-refractivity contribution in [2.45, 2.75) is 19.3 Å². The third kappa shape index (κ3) is 1.99. The van der Waals surface area contributed by atoms with Crippen molar-refractivity contribution in [2.24, 2.45) is 17.8 Å². The van der Waals surface area contributed by atoms with Crippen molar-refractivity contribution in [2.75, 3.05) is 5.32 Å². The van der Waals surface area contributed by atoms with Crippen molar-refractivity contribution in [3.05, 3.63) is 28.5 Å². The van der Waals surface area contributed by atoms with E-state index in [1.165, 1.54) is 31.4 Å². The SMILES string of the molecule is O=C(Nc1cc(F)ccc1Br)C1C2CCCC21. The molecule has 0 heterocycles. The third-order valence-electron chi connectivity index (χ3n) is 3.90. The topological polar surface area (TPSA) is 29.1 Å². The number of hydrogen-bond donors (Lipinski definition) is 1. The van der Waals surface area contributed by atoms with Crippen LogP contribution in [-0.4, -0.2) is 5.91 Å². The second-order valence-electron chi connectivity index (χ2n) is 4.90. The van der Waals surface area contributed by atoms with Crippen LogP contribution in [-0.2, 0) is 4.79 Å². The zero-order valence-corrected chi connectivity index (χ0v) is 10.8. The lowest BCUT2D eigenvalue weighted by atomic mass is 10.1. The van der Waals surface area contributed by atoms with Gasteiger partial charge in [0.15, 0.2) is 0 Å². The van der Waals surface area contributed by atoms with E-state index in [2.05, 4.69) is 21.2 Å². The van der Waals surface area contributed by atoms with E-state index in [9.17, 15) is 9.18 Å². The smallest absolute Gasteiger partial charge is 0.228 e. The van der Waals surface area contributed by atoms with Gasteiger partial charge >= 0.3 is 0 Å². The van der Waals surface area contributed by atoms with E-state index < -0.39 is 0 Å². The second-order valence-corrected chi connectivity index (χ2v) is 5.75. The molecule has 0 radical (unpaired) electrons. The number of benzene rings is 1. The number of rotatable bonds is 2. The molecule has 1 aromatic carbocycles. The molecular formula is C13H13BrFNO. The number of nitrogens with one attached hydrogen (secondary N) is 1. The number of anilines is 1. The minimum Gasteiger partial charge on any atom is -0.325 e. The minimum atomic E-state index is -0.334. The first-order chi connectivity index (χ1) is 8.16. The molecule has 0 bridgehead atoms. The van der Waals surface area contributed by atoms with Crippen LogP contribution in [0.5, 0.6) is 0 Å². The maximum absolute atomic E-state index is 13.1. The first kappa shape index (κ1) is 11.2. The Morgan fingerprint density at radius 2 is 2.06 bits per heavy atom. The standard InChI is InChI=1S/C13H13BrFNO/c14-10-5-4-7(15)6-11(10)16-13(17)12-8-2-1-3-9(8)12/h4-6,8-9,12H,1-3H2,(H,16,17). The number of hydrogen-bond acceptors (Lipinski definition) is 1. The fraction of sp³-hybridized carbons (Fsp3) is 0.462. The van der Waals surface area contributed by atoms with Gasteiger partial charge < -0.3 is 5.32 Å². The number of carbonyl (C=O) groups is 1. The maximum Gasteiger partial charge on any atom is 0.228 e. The highest BCUT2D eigenvalue weighted by Gasteiger charge is 2.56. The molecule has 3 rings (SSSR count). The molecule has 2 aliphatic rings. The van der Waals surface area contributed by atoms with Crippen LogP contribution in [0, 0.1) is 23.6 Å². The first-order valence-electron chi connectivity index (χ1n) is 5.93. The summed E-state index contributed by atoms with van der Waals surface area (Å²) in [7, 11) is 0. The first-order valence-corrected chi connectivity index (χ1v) is 6.72. The van der Waals surface area contributed by atoms with Gasteiger partial charge in [-0.25, -0.2) is 4.39 Å². The molecule has 0 saturated heterocycles. The predicted octanol–water partition coefficient (Wildman–Crippen LogP) is 3.57. The molecule has 1 amide bonds. The van der Waals surface area contributed by atoms with Gasteiger partial charge in [0.1, 0.15) is 5.82 Å². The normalized spacial score (nSPS) is 29.9. The lowest BCUT2D eigenvalue weighted by molar-refractivity contribution is -0.118. The van der Waals surface area contributed by atoms with Gasteiger partial charge in [0.25, 0.3) is 0 Å². The number of carbonyl (C=O) groups excluding carboxylic acids is 1. The third-order valence-corrected chi connectivity index (χ3v) is 4.59. The maximum atomic E-state index is 13.1. The molecule has 1 aromatic rings. The molecule has 0 aromatic heterocycles. The quantitative estimate of drug-likeness (QED) is 0.888. The van der Waals surface area contributed by atoms with Crippen molar-refractivity contribution in [3.63, 3.8) is 0 Å². The summed E-state index contributed by atoms with van der Waals surface area (Å²) in [5, 5.41) is 2.82. The van der Waals surface area contributed by atoms with E-state index in [1.807, 2.05) is 0 Å². The molecule has 2 unspecified atom stereocenters. The van der Waals surface area contributed by atoms with Gasteiger partial charge in [-0.15, -0.1) is 0 Å². The molecule has 0 spiro atoms. The van der Waals surface area contributed by atoms with Crippen molar-refractivity contribution >= 4 is 27.5 Å². The molecular weight excluding hydrogens is 285 g/mol. The van der Waals surface area contributed by atoms with Crippen molar-refractivity contribution < 1.29 is 9.18 Å². The Hall–Kier alpha value is -0.900. The average molecular weight is 298 g/mol. The molecule has 2 fully saturated rings. The van der Waals surface area contributed by atoms with Crippen molar-refractivity contribution in [3.8, 4) is 0 Å². The molecule has 0 aliphatic heterocycles. The van der Waals surface area contributed by atoms with Gasteiger partial charge in [0.05, 0.1) is 5.69 Å². The van der Waals surface area contributed by atoms with E-state index in [-0.39, 0.29) is 17.6 Å². The van der Waals surface area contributed by atoms with E-state index >= 15 is 0 Å². The number of amides is 1. The molecule has 1 N–H and O–H groups in total. The Labute approximate surface area is 108 Å². The van der Waals surface area contributed by atoms with E-state index in [4.69, 9.17) is 0 Å². The fourth-order valence-electron chi connectivity index (χ4n) is 3.02. The summed E-state index contributed by atoms with van der Waals surface area (Å²) >= 11 is 3.31. The van der Waals surface area contributed by atoms with E-state index in [0.29, 0.717) is 17.5 Å². The summed E-state index contributed by atoms with van der Waals surface area (Å²) in [5.74, 6) is 1.05. The van der Waals surface area contributed by atoms with Gasteiger partial charge in [-0.1, -0.05) is 6.42 Å². The number of halogens is 2. The average Bonchev–Trinajstić information content (AvgIpc) is 2.78. The molecule has 2 aliphatic carbocycles.